The van der Waals surface area contributed by atoms with Gasteiger partial charge in [0.15, 0.2) is 5.82 Å². The maximum absolute atomic E-state index is 12.7. The second-order valence-corrected chi connectivity index (χ2v) is 10.9. The topological polar surface area (TPSA) is 190 Å². The minimum Gasteiger partial charge on any atom is -0.475 e. The Balaban J connectivity index is 0.000000864. The van der Waals surface area contributed by atoms with E-state index in [4.69, 9.17) is 20.4 Å². The van der Waals surface area contributed by atoms with Crippen molar-refractivity contribution in [1.29, 1.82) is 0 Å². The van der Waals surface area contributed by atoms with Crippen LogP contribution in [0.2, 0.25) is 0 Å². The number of carbonyl (C=O) groups excluding carboxylic acids is 2. The number of carboxylic acid groups (broad SMARTS) is 1. The van der Waals surface area contributed by atoms with Crippen LogP contribution in [0.3, 0.4) is 0 Å². The summed E-state index contributed by atoms with van der Waals surface area (Å²) < 4.78 is 39.2. The summed E-state index contributed by atoms with van der Waals surface area (Å²) in [5, 5.41) is 26.2. The molecule has 0 spiro atoms. The Hall–Kier alpha value is -4.83. The van der Waals surface area contributed by atoms with Crippen LogP contribution in [0.15, 0.2) is 60.8 Å². The molecule has 0 fully saturated rings. The summed E-state index contributed by atoms with van der Waals surface area (Å²) in [5.74, 6) is -2.70. The summed E-state index contributed by atoms with van der Waals surface area (Å²) in [6.45, 7) is 4.76. The lowest BCUT2D eigenvalue weighted by Gasteiger charge is -2.23. The number of aromatic nitrogens is 5. The number of rotatable bonds is 14. The van der Waals surface area contributed by atoms with E-state index in [1.165, 1.54) is 10.9 Å². The number of H-pyrrole nitrogens is 1. The number of nitrogens with two attached hydrogens (primary N) is 1. The first-order chi connectivity index (χ1) is 21.8. The molecule has 0 unspecified atom stereocenters. The Morgan fingerprint density at radius 2 is 1.74 bits per heavy atom. The van der Waals surface area contributed by atoms with Crippen LogP contribution in [-0.4, -0.2) is 72.9 Å². The number of fused-ring (bicyclic) bond motifs is 1. The highest BCUT2D eigenvalue weighted by molar-refractivity contribution is 5.85. The van der Waals surface area contributed by atoms with Crippen molar-refractivity contribution in [1.82, 2.24) is 35.8 Å². The third kappa shape index (κ3) is 12.5. The molecule has 0 bridgehead atoms. The molecule has 0 aliphatic heterocycles. The van der Waals surface area contributed by atoms with Crippen molar-refractivity contribution in [3.05, 3.63) is 77.7 Å². The van der Waals surface area contributed by atoms with Gasteiger partial charge in [-0.3, -0.25) is 9.59 Å². The quantitative estimate of drug-likeness (QED) is 0.134. The molecule has 2 amide bonds. The number of benzene rings is 2. The van der Waals surface area contributed by atoms with Crippen molar-refractivity contribution in [2.45, 2.75) is 71.4 Å². The number of carbonyl (C=O) groups is 3. The van der Waals surface area contributed by atoms with Crippen LogP contribution in [0, 0.1) is 0 Å². The molecule has 47 heavy (non-hydrogen) atoms. The Kier molecular flexibility index (Phi) is 14.5. The van der Waals surface area contributed by atoms with Gasteiger partial charge in [-0.2, -0.15) is 13.2 Å². The zero-order chi connectivity index (χ0) is 33.7. The number of hydrogen-bond acceptors (Lipinski definition) is 8. The standard InChI is InChI=1S/C28H36N8O3.C2HF3O2.CH4/c1-28(2,29)27(38)32-24(19-39-18-20-9-4-3-5-10-20)26-33-34-35-36(26)16-8-13-25(37)30-15-14-21-17-31-23-12-7-6-11-22(21)23;3-2(4,5)1(6)7;/h3-7,9-12,17,24,31H,8,13-16,18-19,29H2,1-2H3,(H,30,37)(H,32,38);(H,6,7);1H4/t24-;;/m1../s1. The largest absolute Gasteiger partial charge is 0.490 e. The molecule has 2 heterocycles. The van der Waals surface area contributed by atoms with Gasteiger partial charge in [-0.1, -0.05) is 56.0 Å². The van der Waals surface area contributed by atoms with Crippen molar-refractivity contribution in [3.63, 3.8) is 0 Å². The molecule has 16 heteroatoms. The van der Waals surface area contributed by atoms with Gasteiger partial charge >= 0.3 is 12.1 Å². The van der Waals surface area contributed by atoms with Gasteiger partial charge in [0, 0.05) is 36.6 Å². The second-order valence-electron chi connectivity index (χ2n) is 10.9. The molecule has 0 aliphatic rings. The molecule has 256 valence electrons. The van der Waals surface area contributed by atoms with E-state index < -0.39 is 23.7 Å². The molecule has 2 aromatic carbocycles. The number of aromatic amines is 1. The summed E-state index contributed by atoms with van der Waals surface area (Å²) in [5.41, 5.74) is 8.18. The lowest BCUT2D eigenvalue weighted by Crippen LogP contribution is -2.51. The average Bonchev–Trinajstić information content (AvgIpc) is 3.64. The van der Waals surface area contributed by atoms with Gasteiger partial charge in [-0.05, 0) is 54.3 Å². The minimum atomic E-state index is -5.08. The molecular weight excluding hydrogens is 621 g/mol. The van der Waals surface area contributed by atoms with E-state index in [1.54, 1.807) is 18.5 Å². The van der Waals surface area contributed by atoms with Gasteiger partial charge < -0.3 is 31.2 Å². The Morgan fingerprint density at radius 3 is 2.40 bits per heavy atom. The van der Waals surface area contributed by atoms with E-state index in [-0.39, 0.29) is 25.8 Å². The highest BCUT2D eigenvalue weighted by atomic mass is 19.4. The summed E-state index contributed by atoms with van der Waals surface area (Å²) in [6, 6.07) is 17.2. The van der Waals surface area contributed by atoms with Crippen molar-refractivity contribution < 1.29 is 37.4 Å². The smallest absolute Gasteiger partial charge is 0.475 e. The number of alkyl halides is 3. The van der Waals surface area contributed by atoms with Crippen LogP contribution in [0.25, 0.3) is 10.9 Å². The third-order valence-corrected chi connectivity index (χ3v) is 6.57. The fraction of sp³-hybridized carbons (Fsp3) is 0.419. The number of carboxylic acids is 1. The Bertz CT molecular complexity index is 1570. The lowest BCUT2D eigenvalue weighted by atomic mass is 10.1. The molecule has 0 saturated heterocycles. The summed E-state index contributed by atoms with van der Waals surface area (Å²) >= 11 is 0. The molecule has 13 nitrogen and oxygen atoms in total. The molecule has 1 atom stereocenters. The van der Waals surface area contributed by atoms with Gasteiger partial charge in [0.1, 0.15) is 6.04 Å². The predicted octanol–water partition coefficient (Wildman–Crippen LogP) is 3.67. The zero-order valence-electron chi connectivity index (χ0n) is 25.4. The molecule has 0 aliphatic carbocycles. The molecule has 0 saturated carbocycles. The van der Waals surface area contributed by atoms with Gasteiger partial charge in [0.25, 0.3) is 0 Å². The number of hydrogen-bond donors (Lipinski definition) is 5. The monoisotopic (exact) mass is 662 g/mol. The van der Waals surface area contributed by atoms with Crippen LogP contribution < -0.4 is 16.4 Å². The number of halogens is 3. The maximum atomic E-state index is 12.7. The average molecular weight is 663 g/mol. The number of aryl methyl sites for hydroxylation is 1. The summed E-state index contributed by atoms with van der Waals surface area (Å²) in [4.78, 5) is 37.2. The van der Waals surface area contributed by atoms with Crippen molar-refractivity contribution in [3.8, 4) is 0 Å². The van der Waals surface area contributed by atoms with Crippen molar-refractivity contribution >= 4 is 28.7 Å². The predicted molar refractivity (Wildman–Crippen MR) is 168 cm³/mol. The van der Waals surface area contributed by atoms with Crippen LogP contribution in [0.4, 0.5) is 13.2 Å². The number of nitrogens with zero attached hydrogens (tertiary/aromatic N) is 4. The number of aliphatic carboxylic acids is 1. The summed E-state index contributed by atoms with van der Waals surface area (Å²) in [6.07, 6.45) is -1.50. The number of ether oxygens (including phenoxy) is 1. The lowest BCUT2D eigenvalue weighted by molar-refractivity contribution is -0.192. The highest BCUT2D eigenvalue weighted by Crippen LogP contribution is 2.18. The third-order valence-electron chi connectivity index (χ3n) is 6.57. The maximum Gasteiger partial charge on any atom is 0.490 e. The van der Waals surface area contributed by atoms with E-state index in [0.717, 1.165) is 17.5 Å². The van der Waals surface area contributed by atoms with E-state index >= 15 is 0 Å². The van der Waals surface area contributed by atoms with E-state index in [9.17, 15) is 22.8 Å². The molecule has 6 N–H and O–H groups in total. The van der Waals surface area contributed by atoms with Crippen LogP contribution in [-0.2, 0) is 38.7 Å². The number of amides is 2. The van der Waals surface area contributed by atoms with Crippen molar-refractivity contribution in [2.24, 2.45) is 5.73 Å². The van der Waals surface area contributed by atoms with Gasteiger partial charge in [-0.15, -0.1) is 5.10 Å². The first-order valence-electron chi connectivity index (χ1n) is 14.3. The van der Waals surface area contributed by atoms with E-state index in [1.807, 2.05) is 54.7 Å². The number of nitrogens with one attached hydrogen (secondary N) is 3. The fourth-order valence-corrected chi connectivity index (χ4v) is 4.17. The zero-order valence-corrected chi connectivity index (χ0v) is 25.4. The van der Waals surface area contributed by atoms with E-state index in [2.05, 4.69) is 37.2 Å². The molecule has 2 aromatic heterocycles. The second kappa shape index (κ2) is 17.8. The van der Waals surface area contributed by atoms with Gasteiger partial charge in [-0.25, -0.2) is 9.48 Å². The van der Waals surface area contributed by atoms with Crippen molar-refractivity contribution in [2.75, 3.05) is 13.2 Å². The van der Waals surface area contributed by atoms with Gasteiger partial charge in [0.2, 0.25) is 11.8 Å². The SMILES string of the molecule is C.CC(C)(N)C(=O)N[C@H](COCc1ccccc1)c1nnnn1CCCC(=O)NCCc1c[nH]c2ccccc12.O=C(O)C(F)(F)F. The first-order valence-corrected chi connectivity index (χ1v) is 14.3. The normalized spacial score (nSPS) is 12.0. The molecular formula is C31H41F3N8O5. The van der Waals surface area contributed by atoms with Crippen LogP contribution in [0.5, 0.6) is 0 Å². The number of para-hydroxylation sites is 1. The highest BCUT2D eigenvalue weighted by Gasteiger charge is 2.38. The molecule has 4 aromatic rings. The Morgan fingerprint density at radius 1 is 1.09 bits per heavy atom. The first kappa shape index (κ1) is 38.4. The van der Waals surface area contributed by atoms with E-state index in [0.29, 0.717) is 38.4 Å². The summed E-state index contributed by atoms with van der Waals surface area (Å²) in [7, 11) is 0. The molecule has 4 rings (SSSR count). The number of tetrazole rings is 1. The van der Waals surface area contributed by atoms with Gasteiger partial charge in [0.05, 0.1) is 18.8 Å². The van der Waals surface area contributed by atoms with Crippen LogP contribution in [0.1, 0.15) is 57.1 Å². The molecule has 0 radical (unpaired) electrons. The Labute approximate surface area is 270 Å². The van der Waals surface area contributed by atoms with Crippen LogP contribution >= 0.6 is 0 Å². The fourth-order valence-electron chi connectivity index (χ4n) is 4.17. The minimum absolute atomic E-state index is 0.